The average Bonchev–Trinajstić information content (AvgIpc) is 2.90. The van der Waals surface area contributed by atoms with Crippen molar-refractivity contribution < 1.29 is 4.79 Å². The Kier molecular flexibility index (Phi) is 2.97. The lowest BCUT2D eigenvalue weighted by Crippen LogP contribution is -2.67. The normalized spacial score (nSPS) is 38.9. The van der Waals surface area contributed by atoms with Crippen molar-refractivity contribution in [2.75, 3.05) is 6.54 Å². The molecule has 0 radical (unpaired) electrons. The SMILES string of the molecule is N#Cc1cccn1C(=O)CNC12C[C@H]3C[C@@H](CC(N)(C3)C1)C2. The molecule has 0 unspecified atom stereocenters. The topological polar surface area (TPSA) is 83.8 Å². The van der Waals surface area contributed by atoms with Crippen molar-refractivity contribution in [3.63, 3.8) is 0 Å². The van der Waals surface area contributed by atoms with Crippen LogP contribution in [0.3, 0.4) is 0 Å². The van der Waals surface area contributed by atoms with Gasteiger partial charge in [-0.15, -0.1) is 0 Å². The predicted octanol–water partition coefficient (Wildman–Crippen LogP) is 1.64. The van der Waals surface area contributed by atoms with E-state index in [0.717, 1.165) is 43.9 Å². The Morgan fingerprint density at radius 2 is 2.14 bits per heavy atom. The second-order valence-electron chi connectivity index (χ2n) is 7.73. The number of rotatable bonds is 3. The van der Waals surface area contributed by atoms with Crippen LogP contribution < -0.4 is 11.1 Å². The zero-order chi connectivity index (χ0) is 15.4. The summed E-state index contributed by atoms with van der Waals surface area (Å²) in [5.74, 6) is 1.37. The van der Waals surface area contributed by atoms with Crippen LogP contribution in [-0.4, -0.2) is 28.1 Å². The monoisotopic (exact) mass is 298 g/mol. The smallest absolute Gasteiger partial charge is 0.245 e. The largest absolute Gasteiger partial charge is 0.325 e. The molecule has 4 saturated carbocycles. The molecule has 5 nitrogen and oxygen atoms in total. The lowest BCUT2D eigenvalue weighted by atomic mass is 9.50. The van der Waals surface area contributed by atoms with Crippen molar-refractivity contribution in [1.82, 2.24) is 9.88 Å². The summed E-state index contributed by atoms with van der Waals surface area (Å²) in [6.45, 7) is 0.277. The molecule has 5 heteroatoms. The second kappa shape index (κ2) is 4.68. The fraction of sp³-hybridized carbons (Fsp3) is 0.647. The molecule has 116 valence electrons. The number of nitrogens with zero attached hydrogens (tertiary/aromatic N) is 2. The van der Waals surface area contributed by atoms with E-state index in [2.05, 4.69) is 11.4 Å². The lowest BCUT2D eigenvalue weighted by molar-refractivity contribution is -0.0348. The first-order valence-corrected chi connectivity index (χ1v) is 8.16. The van der Waals surface area contributed by atoms with Gasteiger partial charge in [0, 0.05) is 17.3 Å². The van der Waals surface area contributed by atoms with Gasteiger partial charge in [-0.1, -0.05) is 0 Å². The number of nitrogens with two attached hydrogens (primary N) is 1. The highest BCUT2D eigenvalue weighted by Crippen LogP contribution is 2.56. The minimum absolute atomic E-state index is 0.0224. The molecule has 1 heterocycles. The van der Waals surface area contributed by atoms with E-state index >= 15 is 0 Å². The number of carbonyl (C=O) groups is 1. The number of carbonyl (C=O) groups excluding carboxylic acids is 1. The first-order chi connectivity index (χ1) is 10.5. The number of nitriles is 1. The summed E-state index contributed by atoms with van der Waals surface area (Å²) in [6, 6.07) is 5.45. The van der Waals surface area contributed by atoms with Crippen LogP contribution in [0.1, 0.15) is 49.0 Å². The van der Waals surface area contributed by atoms with E-state index in [0.29, 0.717) is 5.69 Å². The molecule has 2 atom stereocenters. The van der Waals surface area contributed by atoms with Crippen LogP contribution in [0, 0.1) is 23.2 Å². The number of hydrogen-bond acceptors (Lipinski definition) is 4. The Bertz CT molecular complexity index is 642. The summed E-state index contributed by atoms with van der Waals surface area (Å²) in [4.78, 5) is 12.4. The van der Waals surface area contributed by atoms with Crippen LogP contribution in [0.4, 0.5) is 0 Å². The van der Waals surface area contributed by atoms with Crippen LogP contribution in [0.5, 0.6) is 0 Å². The highest BCUT2D eigenvalue weighted by molar-refractivity contribution is 5.82. The van der Waals surface area contributed by atoms with E-state index in [1.165, 1.54) is 11.0 Å². The van der Waals surface area contributed by atoms with Gasteiger partial charge in [-0.3, -0.25) is 9.36 Å². The number of nitrogens with one attached hydrogen (secondary N) is 1. The zero-order valence-electron chi connectivity index (χ0n) is 12.7. The molecule has 4 bridgehead atoms. The van der Waals surface area contributed by atoms with Crippen molar-refractivity contribution in [1.29, 1.82) is 5.26 Å². The summed E-state index contributed by atoms with van der Waals surface area (Å²) in [5.41, 5.74) is 6.99. The molecular weight excluding hydrogens is 276 g/mol. The molecule has 1 aromatic rings. The van der Waals surface area contributed by atoms with Gasteiger partial charge >= 0.3 is 0 Å². The van der Waals surface area contributed by atoms with Gasteiger partial charge in [0.05, 0.1) is 6.54 Å². The third kappa shape index (κ3) is 2.18. The molecule has 1 aromatic heterocycles. The summed E-state index contributed by atoms with van der Waals surface area (Å²) < 4.78 is 1.44. The van der Waals surface area contributed by atoms with E-state index in [-0.39, 0.29) is 23.5 Å². The van der Waals surface area contributed by atoms with Gasteiger partial charge in [-0.2, -0.15) is 5.26 Å². The minimum atomic E-state index is -0.0663. The third-order valence-corrected chi connectivity index (χ3v) is 5.85. The van der Waals surface area contributed by atoms with Gasteiger partial charge in [0.15, 0.2) is 0 Å². The maximum Gasteiger partial charge on any atom is 0.245 e. The van der Waals surface area contributed by atoms with Gasteiger partial charge in [0.25, 0.3) is 0 Å². The van der Waals surface area contributed by atoms with Gasteiger partial charge in [-0.25, -0.2) is 0 Å². The van der Waals surface area contributed by atoms with Crippen LogP contribution in [0.25, 0.3) is 0 Å². The van der Waals surface area contributed by atoms with Crippen molar-refractivity contribution in [2.24, 2.45) is 17.6 Å². The van der Waals surface area contributed by atoms with Crippen molar-refractivity contribution in [3.8, 4) is 6.07 Å². The van der Waals surface area contributed by atoms with Crippen molar-refractivity contribution in [2.45, 2.75) is 49.6 Å². The Hall–Kier alpha value is -1.64. The predicted molar refractivity (Wildman–Crippen MR) is 82.1 cm³/mol. The summed E-state index contributed by atoms with van der Waals surface area (Å²) >= 11 is 0. The van der Waals surface area contributed by atoms with Crippen LogP contribution in [-0.2, 0) is 0 Å². The summed E-state index contributed by atoms with van der Waals surface area (Å²) in [7, 11) is 0. The molecule has 4 aliphatic rings. The molecule has 4 aliphatic carbocycles. The molecule has 0 saturated heterocycles. The van der Waals surface area contributed by atoms with Crippen LogP contribution in [0.2, 0.25) is 0 Å². The lowest BCUT2D eigenvalue weighted by Gasteiger charge is -2.61. The van der Waals surface area contributed by atoms with Crippen LogP contribution in [0.15, 0.2) is 18.3 Å². The van der Waals surface area contributed by atoms with Gasteiger partial charge in [0.2, 0.25) is 5.91 Å². The molecule has 0 aromatic carbocycles. The zero-order valence-corrected chi connectivity index (χ0v) is 12.7. The van der Waals surface area contributed by atoms with Gasteiger partial charge < -0.3 is 11.1 Å². The molecule has 22 heavy (non-hydrogen) atoms. The Morgan fingerprint density at radius 3 is 2.77 bits per heavy atom. The maximum atomic E-state index is 12.4. The van der Waals surface area contributed by atoms with E-state index in [9.17, 15) is 4.79 Å². The van der Waals surface area contributed by atoms with Gasteiger partial charge in [-0.05, 0) is 62.5 Å². The van der Waals surface area contributed by atoms with Crippen LogP contribution >= 0.6 is 0 Å². The van der Waals surface area contributed by atoms with E-state index < -0.39 is 0 Å². The molecule has 3 N–H and O–H groups in total. The summed E-state index contributed by atoms with van der Waals surface area (Å²) in [5, 5.41) is 12.6. The Labute approximate surface area is 130 Å². The highest BCUT2D eigenvalue weighted by Gasteiger charge is 2.56. The third-order valence-electron chi connectivity index (χ3n) is 5.85. The fourth-order valence-electron chi connectivity index (χ4n) is 5.58. The fourth-order valence-corrected chi connectivity index (χ4v) is 5.58. The second-order valence-corrected chi connectivity index (χ2v) is 7.73. The van der Waals surface area contributed by atoms with E-state index in [4.69, 9.17) is 11.0 Å². The quantitative estimate of drug-likeness (QED) is 0.888. The van der Waals surface area contributed by atoms with E-state index in [1.807, 2.05) is 0 Å². The van der Waals surface area contributed by atoms with Gasteiger partial charge in [0.1, 0.15) is 11.8 Å². The Balaban J connectivity index is 1.48. The number of hydrogen-bond donors (Lipinski definition) is 2. The maximum absolute atomic E-state index is 12.4. The molecule has 0 aliphatic heterocycles. The first kappa shape index (κ1) is 14.0. The first-order valence-electron chi connectivity index (χ1n) is 8.16. The standard InChI is InChI=1S/C17H22N4O/c18-9-14-2-1-3-21(14)15(22)10-20-17-7-12-4-13(8-17)6-16(19,5-12)11-17/h1-3,12-13,20H,4-8,10-11,19H2/t12-,13-,16?,17?/m0/s1. The average molecular weight is 298 g/mol. The van der Waals surface area contributed by atoms with E-state index in [1.54, 1.807) is 18.3 Å². The molecule has 5 rings (SSSR count). The van der Waals surface area contributed by atoms with Crippen molar-refractivity contribution in [3.05, 3.63) is 24.0 Å². The number of aromatic nitrogens is 1. The molecule has 4 fully saturated rings. The summed E-state index contributed by atoms with van der Waals surface area (Å²) in [6.07, 6.45) is 8.55. The van der Waals surface area contributed by atoms with Crippen molar-refractivity contribution >= 4 is 5.91 Å². The molecule has 0 amide bonds. The molecular formula is C17H22N4O. The Morgan fingerprint density at radius 1 is 1.41 bits per heavy atom. The minimum Gasteiger partial charge on any atom is -0.325 e. The highest BCUT2D eigenvalue weighted by atomic mass is 16.2. The molecule has 0 spiro atoms.